The van der Waals surface area contributed by atoms with Crippen molar-refractivity contribution in [3.8, 4) is 0 Å². The van der Waals surface area contributed by atoms with Crippen LogP contribution < -0.4 is 5.32 Å². The molecule has 0 atom stereocenters. The van der Waals surface area contributed by atoms with E-state index in [1.54, 1.807) is 29.0 Å². The smallest absolute Gasteiger partial charge is 0.286 e. The van der Waals surface area contributed by atoms with Gasteiger partial charge in [0.2, 0.25) is 0 Å². The molecule has 0 aliphatic carbocycles. The monoisotopic (exact) mass is 222 g/mol. The summed E-state index contributed by atoms with van der Waals surface area (Å²) in [7, 11) is 0. The number of rotatable bonds is 4. The largest absolute Gasteiger partial charge is 0.459 e. The van der Waals surface area contributed by atoms with Crippen molar-refractivity contribution in [3.63, 3.8) is 0 Å². The average Bonchev–Trinajstić information content (AvgIpc) is 2.90. The lowest BCUT2D eigenvalue weighted by molar-refractivity contribution is 0.0926. The summed E-state index contributed by atoms with van der Waals surface area (Å²) in [6, 6.07) is 3.33. The van der Waals surface area contributed by atoms with Gasteiger partial charge in [-0.15, -0.1) is 11.3 Å². The lowest BCUT2D eigenvalue weighted by Gasteiger charge is -2.00. The van der Waals surface area contributed by atoms with Crippen LogP contribution in [0.2, 0.25) is 0 Å². The summed E-state index contributed by atoms with van der Waals surface area (Å²) in [6.07, 6.45) is 4.10. The Bertz CT molecular complexity index is 409. The Labute approximate surface area is 90.9 Å². The standard InChI is InChI=1S/C10H10N2O2S/c13-10(9-2-1-5-14-9)12-4-3-8-6-11-7-15-8/h1-2,5-7H,3-4H2,(H,12,13). The third-order valence-electron chi connectivity index (χ3n) is 1.89. The van der Waals surface area contributed by atoms with Gasteiger partial charge >= 0.3 is 0 Å². The van der Waals surface area contributed by atoms with Gasteiger partial charge in [-0.05, 0) is 12.1 Å². The molecule has 2 rings (SSSR count). The van der Waals surface area contributed by atoms with Crippen LogP contribution in [0.25, 0.3) is 0 Å². The number of thiazole rings is 1. The van der Waals surface area contributed by atoms with Crippen molar-refractivity contribution >= 4 is 17.2 Å². The molecule has 1 N–H and O–H groups in total. The minimum atomic E-state index is -0.176. The fourth-order valence-electron chi connectivity index (χ4n) is 1.16. The normalized spacial score (nSPS) is 10.1. The van der Waals surface area contributed by atoms with E-state index in [9.17, 15) is 4.79 Å². The Kier molecular flexibility index (Phi) is 3.14. The number of hydrogen-bond donors (Lipinski definition) is 1. The highest BCUT2D eigenvalue weighted by atomic mass is 32.1. The van der Waals surface area contributed by atoms with Gasteiger partial charge in [0, 0.05) is 24.0 Å². The zero-order valence-corrected chi connectivity index (χ0v) is 8.79. The molecule has 1 amide bonds. The van der Waals surface area contributed by atoms with E-state index >= 15 is 0 Å². The Balaban J connectivity index is 1.77. The second-order valence-corrected chi connectivity index (χ2v) is 3.92. The van der Waals surface area contributed by atoms with E-state index in [4.69, 9.17) is 4.42 Å². The fraction of sp³-hybridized carbons (Fsp3) is 0.200. The summed E-state index contributed by atoms with van der Waals surface area (Å²) >= 11 is 1.59. The van der Waals surface area contributed by atoms with Gasteiger partial charge in [0.25, 0.3) is 5.91 Å². The van der Waals surface area contributed by atoms with Crippen LogP contribution in [0.1, 0.15) is 15.4 Å². The van der Waals surface area contributed by atoms with Crippen molar-refractivity contribution in [1.29, 1.82) is 0 Å². The number of furan rings is 1. The molecule has 78 valence electrons. The molecule has 0 saturated heterocycles. The number of aromatic nitrogens is 1. The number of amides is 1. The number of hydrogen-bond acceptors (Lipinski definition) is 4. The van der Waals surface area contributed by atoms with Crippen LogP contribution in [0.3, 0.4) is 0 Å². The van der Waals surface area contributed by atoms with Crippen molar-refractivity contribution in [3.05, 3.63) is 40.7 Å². The van der Waals surface area contributed by atoms with E-state index in [2.05, 4.69) is 10.3 Å². The SMILES string of the molecule is O=C(NCCc1cncs1)c1ccco1. The molecule has 0 aliphatic rings. The van der Waals surface area contributed by atoms with Crippen LogP contribution in [0.4, 0.5) is 0 Å². The number of nitrogens with zero attached hydrogens (tertiary/aromatic N) is 1. The van der Waals surface area contributed by atoms with E-state index in [0.29, 0.717) is 12.3 Å². The molecule has 4 nitrogen and oxygen atoms in total. The first-order valence-electron chi connectivity index (χ1n) is 4.55. The van der Waals surface area contributed by atoms with Crippen molar-refractivity contribution in [2.45, 2.75) is 6.42 Å². The van der Waals surface area contributed by atoms with Crippen LogP contribution in [-0.4, -0.2) is 17.4 Å². The molecule has 0 bridgehead atoms. The maximum Gasteiger partial charge on any atom is 0.286 e. The summed E-state index contributed by atoms with van der Waals surface area (Å²) in [6.45, 7) is 0.599. The van der Waals surface area contributed by atoms with E-state index in [-0.39, 0.29) is 5.91 Å². The van der Waals surface area contributed by atoms with Gasteiger partial charge in [-0.25, -0.2) is 0 Å². The summed E-state index contributed by atoms with van der Waals surface area (Å²) in [5.41, 5.74) is 1.78. The van der Waals surface area contributed by atoms with Crippen molar-refractivity contribution < 1.29 is 9.21 Å². The average molecular weight is 222 g/mol. The maximum absolute atomic E-state index is 11.4. The van der Waals surface area contributed by atoms with E-state index in [1.165, 1.54) is 6.26 Å². The first-order chi connectivity index (χ1) is 7.36. The quantitative estimate of drug-likeness (QED) is 0.856. The molecule has 0 aromatic carbocycles. The fourth-order valence-corrected chi connectivity index (χ4v) is 1.76. The minimum Gasteiger partial charge on any atom is -0.459 e. The molecule has 2 aromatic heterocycles. The van der Waals surface area contributed by atoms with Crippen LogP contribution in [0, 0.1) is 0 Å². The van der Waals surface area contributed by atoms with Gasteiger partial charge in [-0.2, -0.15) is 0 Å². The molecule has 0 spiro atoms. The molecule has 0 radical (unpaired) electrons. The molecular weight excluding hydrogens is 212 g/mol. The molecule has 2 aromatic rings. The first kappa shape index (κ1) is 9.92. The first-order valence-corrected chi connectivity index (χ1v) is 5.43. The van der Waals surface area contributed by atoms with E-state index in [1.807, 2.05) is 6.20 Å². The van der Waals surface area contributed by atoms with Crippen LogP contribution in [0.5, 0.6) is 0 Å². The Morgan fingerprint density at radius 3 is 3.20 bits per heavy atom. The lowest BCUT2D eigenvalue weighted by atomic mass is 10.3. The van der Waals surface area contributed by atoms with Crippen LogP contribution in [-0.2, 0) is 6.42 Å². The topological polar surface area (TPSA) is 55.1 Å². The highest BCUT2D eigenvalue weighted by Crippen LogP contribution is 2.05. The zero-order chi connectivity index (χ0) is 10.5. The van der Waals surface area contributed by atoms with Gasteiger partial charge in [0.15, 0.2) is 5.76 Å². The molecule has 0 saturated carbocycles. The van der Waals surface area contributed by atoms with Crippen LogP contribution in [0.15, 0.2) is 34.5 Å². The van der Waals surface area contributed by atoms with E-state index in [0.717, 1.165) is 11.3 Å². The Hall–Kier alpha value is -1.62. The molecule has 5 heteroatoms. The Morgan fingerprint density at radius 2 is 2.53 bits per heavy atom. The molecule has 15 heavy (non-hydrogen) atoms. The predicted octanol–water partition coefficient (Wildman–Crippen LogP) is 1.71. The van der Waals surface area contributed by atoms with Gasteiger partial charge in [-0.3, -0.25) is 9.78 Å². The van der Waals surface area contributed by atoms with Crippen molar-refractivity contribution in [2.75, 3.05) is 6.54 Å². The number of carbonyl (C=O) groups is 1. The third kappa shape index (κ3) is 2.66. The second-order valence-electron chi connectivity index (χ2n) is 2.95. The number of nitrogens with one attached hydrogen (secondary N) is 1. The number of carbonyl (C=O) groups excluding carboxylic acids is 1. The Morgan fingerprint density at radius 1 is 1.60 bits per heavy atom. The van der Waals surface area contributed by atoms with Gasteiger partial charge < -0.3 is 9.73 Å². The summed E-state index contributed by atoms with van der Waals surface area (Å²) in [4.78, 5) is 16.5. The van der Waals surface area contributed by atoms with Gasteiger partial charge in [-0.1, -0.05) is 0 Å². The summed E-state index contributed by atoms with van der Waals surface area (Å²) < 4.78 is 4.96. The molecule has 2 heterocycles. The van der Waals surface area contributed by atoms with E-state index < -0.39 is 0 Å². The van der Waals surface area contributed by atoms with Gasteiger partial charge in [0.1, 0.15) is 0 Å². The molecular formula is C10H10N2O2S. The van der Waals surface area contributed by atoms with Crippen molar-refractivity contribution in [2.24, 2.45) is 0 Å². The zero-order valence-electron chi connectivity index (χ0n) is 7.97. The van der Waals surface area contributed by atoms with Crippen LogP contribution >= 0.6 is 11.3 Å². The highest BCUT2D eigenvalue weighted by molar-refractivity contribution is 7.09. The second kappa shape index (κ2) is 4.75. The minimum absolute atomic E-state index is 0.176. The lowest BCUT2D eigenvalue weighted by Crippen LogP contribution is -2.24. The maximum atomic E-state index is 11.4. The summed E-state index contributed by atoms with van der Waals surface area (Å²) in [5, 5.41) is 2.77. The van der Waals surface area contributed by atoms with Gasteiger partial charge in [0.05, 0.1) is 11.8 Å². The summed E-state index contributed by atoms with van der Waals surface area (Å²) in [5.74, 6) is 0.170. The molecule has 0 fully saturated rings. The third-order valence-corrected chi connectivity index (χ3v) is 2.72. The predicted molar refractivity (Wildman–Crippen MR) is 56.9 cm³/mol. The molecule has 0 unspecified atom stereocenters. The highest BCUT2D eigenvalue weighted by Gasteiger charge is 2.06. The van der Waals surface area contributed by atoms with Crippen molar-refractivity contribution in [1.82, 2.24) is 10.3 Å². The molecule has 0 aliphatic heterocycles.